The fraction of sp³-hybridized carbons (Fsp3) is 0.471. The van der Waals surface area contributed by atoms with Crippen LogP contribution >= 0.6 is 0 Å². The minimum absolute atomic E-state index is 0.282. The molecule has 0 bridgehead atoms. The fourth-order valence-corrected chi connectivity index (χ4v) is 3.38. The van der Waals surface area contributed by atoms with Gasteiger partial charge in [0.2, 0.25) is 0 Å². The predicted molar refractivity (Wildman–Crippen MR) is 86.6 cm³/mol. The maximum Gasteiger partial charge on any atom is 0.136 e. The Kier molecular flexibility index (Phi) is 3.97. The molecule has 3 rings (SSSR count). The van der Waals surface area contributed by atoms with E-state index < -0.39 is 0 Å². The summed E-state index contributed by atoms with van der Waals surface area (Å²) in [6.45, 7) is 3.89. The number of benzene rings is 1. The highest BCUT2D eigenvalue weighted by Gasteiger charge is 2.28. The maximum atomic E-state index is 9.79. The molecule has 0 radical (unpaired) electrons. The summed E-state index contributed by atoms with van der Waals surface area (Å²) in [4.78, 5) is 6.91. The van der Waals surface area contributed by atoms with Gasteiger partial charge >= 0.3 is 0 Å². The highest BCUT2D eigenvalue weighted by Crippen LogP contribution is 2.33. The minimum atomic E-state index is 0.282. The van der Waals surface area contributed by atoms with Gasteiger partial charge in [0.25, 0.3) is 0 Å². The molecule has 2 unspecified atom stereocenters. The topological polar surface area (TPSA) is 62.4 Å². The van der Waals surface area contributed by atoms with E-state index in [0.29, 0.717) is 12.6 Å². The van der Waals surface area contributed by atoms with E-state index in [-0.39, 0.29) is 5.75 Å². The van der Waals surface area contributed by atoms with E-state index in [1.165, 1.54) is 12.8 Å². The van der Waals surface area contributed by atoms with Crippen LogP contribution < -0.4 is 10.6 Å². The average molecular weight is 285 g/mol. The van der Waals surface area contributed by atoms with Crippen molar-refractivity contribution in [3.63, 3.8) is 0 Å². The molecule has 1 saturated heterocycles. The minimum Gasteiger partial charge on any atom is -0.508 e. The van der Waals surface area contributed by atoms with E-state index in [9.17, 15) is 5.11 Å². The molecule has 2 atom stereocenters. The van der Waals surface area contributed by atoms with E-state index in [2.05, 4.69) is 16.8 Å². The fourth-order valence-electron chi connectivity index (χ4n) is 3.38. The first-order valence-corrected chi connectivity index (χ1v) is 7.77. The third kappa shape index (κ3) is 2.68. The van der Waals surface area contributed by atoms with E-state index in [1.54, 1.807) is 12.1 Å². The Labute approximate surface area is 125 Å². The number of hydrogen-bond donors (Lipinski definition) is 2. The van der Waals surface area contributed by atoms with Gasteiger partial charge in [0.05, 0.1) is 0 Å². The van der Waals surface area contributed by atoms with Gasteiger partial charge in [0.1, 0.15) is 11.6 Å². The van der Waals surface area contributed by atoms with Crippen molar-refractivity contribution in [3.8, 4) is 5.75 Å². The van der Waals surface area contributed by atoms with Crippen LogP contribution in [0.2, 0.25) is 0 Å². The number of pyridine rings is 1. The summed E-state index contributed by atoms with van der Waals surface area (Å²) >= 11 is 0. The molecule has 1 aromatic heterocycles. The first-order valence-electron chi connectivity index (χ1n) is 7.77. The second-order valence-corrected chi connectivity index (χ2v) is 5.92. The van der Waals surface area contributed by atoms with Gasteiger partial charge in [-0.15, -0.1) is 0 Å². The summed E-state index contributed by atoms with van der Waals surface area (Å²) in [5.41, 5.74) is 6.00. The van der Waals surface area contributed by atoms with Crippen molar-refractivity contribution in [3.05, 3.63) is 30.5 Å². The molecule has 0 saturated carbocycles. The number of hydrogen-bond acceptors (Lipinski definition) is 4. The third-order valence-corrected chi connectivity index (χ3v) is 4.67. The Morgan fingerprint density at radius 3 is 3.00 bits per heavy atom. The van der Waals surface area contributed by atoms with Gasteiger partial charge in [-0.1, -0.05) is 19.4 Å². The molecule has 4 heteroatoms. The molecule has 0 amide bonds. The lowest BCUT2D eigenvalue weighted by Crippen LogP contribution is -2.47. The standard InChI is InChI=1S/C17H23N3O/c1-2-12-6-8-20(14(9-12)11-18)17-16-10-15(21)4-3-13(16)5-7-19-17/h3-5,7,10,12,14,21H,2,6,8-9,11,18H2,1H3. The number of nitrogens with two attached hydrogens (primary N) is 1. The number of nitrogens with zero attached hydrogens (tertiary/aromatic N) is 2. The van der Waals surface area contributed by atoms with Crippen molar-refractivity contribution in [1.82, 2.24) is 4.98 Å². The van der Waals surface area contributed by atoms with Crippen LogP contribution in [0.25, 0.3) is 10.8 Å². The summed E-state index contributed by atoms with van der Waals surface area (Å²) in [6, 6.07) is 7.78. The van der Waals surface area contributed by atoms with Crippen LogP contribution in [-0.2, 0) is 0 Å². The highest BCUT2D eigenvalue weighted by molar-refractivity contribution is 5.93. The Hall–Kier alpha value is -1.81. The molecule has 2 aromatic rings. The monoisotopic (exact) mass is 285 g/mol. The quantitative estimate of drug-likeness (QED) is 0.910. The van der Waals surface area contributed by atoms with Crippen LogP contribution in [0, 0.1) is 5.92 Å². The lowest BCUT2D eigenvalue weighted by atomic mass is 9.88. The van der Waals surface area contributed by atoms with Crippen LogP contribution in [-0.4, -0.2) is 29.2 Å². The number of phenolic OH excluding ortho intramolecular Hbond substituents is 1. The first kappa shape index (κ1) is 14.1. The third-order valence-electron chi connectivity index (χ3n) is 4.67. The van der Waals surface area contributed by atoms with Crippen molar-refractivity contribution in [2.45, 2.75) is 32.2 Å². The molecule has 112 valence electrons. The molecule has 1 aliphatic rings. The van der Waals surface area contributed by atoms with Crippen LogP contribution in [0.3, 0.4) is 0 Å². The van der Waals surface area contributed by atoms with Gasteiger partial charge in [0, 0.05) is 30.7 Å². The largest absolute Gasteiger partial charge is 0.508 e. The molecule has 4 nitrogen and oxygen atoms in total. The normalized spacial score (nSPS) is 22.7. The second-order valence-electron chi connectivity index (χ2n) is 5.92. The molecule has 2 heterocycles. The van der Waals surface area contributed by atoms with E-state index in [1.807, 2.05) is 18.3 Å². The van der Waals surface area contributed by atoms with Gasteiger partial charge in [-0.2, -0.15) is 0 Å². The molecule has 0 spiro atoms. The van der Waals surface area contributed by atoms with E-state index in [4.69, 9.17) is 5.73 Å². The molecular weight excluding hydrogens is 262 g/mol. The number of fused-ring (bicyclic) bond motifs is 1. The number of aromatic hydroxyl groups is 1. The smallest absolute Gasteiger partial charge is 0.136 e. The van der Waals surface area contributed by atoms with Gasteiger partial charge < -0.3 is 15.7 Å². The lowest BCUT2D eigenvalue weighted by molar-refractivity contribution is 0.335. The average Bonchev–Trinajstić information content (AvgIpc) is 2.53. The number of piperidine rings is 1. The number of rotatable bonds is 3. The molecule has 1 fully saturated rings. The second kappa shape index (κ2) is 5.90. The van der Waals surface area contributed by atoms with E-state index in [0.717, 1.165) is 35.5 Å². The Morgan fingerprint density at radius 1 is 1.38 bits per heavy atom. The molecule has 21 heavy (non-hydrogen) atoms. The van der Waals surface area contributed by atoms with Crippen LogP contribution in [0.5, 0.6) is 5.75 Å². The summed E-state index contributed by atoms with van der Waals surface area (Å²) in [5, 5.41) is 11.9. The van der Waals surface area contributed by atoms with Crippen molar-refractivity contribution in [1.29, 1.82) is 0 Å². The highest BCUT2D eigenvalue weighted by atomic mass is 16.3. The van der Waals surface area contributed by atoms with Crippen LogP contribution in [0.1, 0.15) is 26.2 Å². The zero-order valence-electron chi connectivity index (χ0n) is 12.5. The van der Waals surface area contributed by atoms with Crippen molar-refractivity contribution in [2.24, 2.45) is 11.7 Å². The molecule has 1 aromatic carbocycles. The Bertz CT molecular complexity index is 628. The molecule has 0 aliphatic carbocycles. The SMILES string of the molecule is CCC1CCN(c2nccc3ccc(O)cc23)C(CN)C1. The zero-order chi connectivity index (χ0) is 14.8. The predicted octanol–water partition coefficient (Wildman–Crippen LogP) is 2.89. The summed E-state index contributed by atoms with van der Waals surface area (Å²) < 4.78 is 0. The Balaban J connectivity index is 2.01. The first-order chi connectivity index (χ1) is 10.2. The van der Waals surface area contributed by atoms with Crippen molar-refractivity contribution < 1.29 is 5.11 Å². The van der Waals surface area contributed by atoms with Gasteiger partial charge in [0.15, 0.2) is 0 Å². The molecule has 3 N–H and O–H groups in total. The van der Waals surface area contributed by atoms with Crippen molar-refractivity contribution in [2.75, 3.05) is 18.0 Å². The summed E-state index contributed by atoms with van der Waals surface area (Å²) in [6.07, 6.45) is 5.37. The number of aromatic nitrogens is 1. The number of anilines is 1. The van der Waals surface area contributed by atoms with E-state index >= 15 is 0 Å². The van der Waals surface area contributed by atoms with Gasteiger partial charge in [-0.3, -0.25) is 0 Å². The van der Waals surface area contributed by atoms with Gasteiger partial charge in [-0.25, -0.2) is 4.98 Å². The maximum absolute atomic E-state index is 9.79. The van der Waals surface area contributed by atoms with Crippen LogP contribution in [0.4, 0.5) is 5.82 Å². The number of phenols is 1. The lowest BCUT2D eigenvalue weighted by Gasteiger charge is -2.40. The summed E-state index contributed by atoms with van der Waals surface area (Å²) in [5.74, 6) is 2.00. The summed E-state index contributed by atoms with van der Waals surface area (Å²) in [7, 11) is 0. The van der Waals surface area contributed by atoms with Crippen molar-refractivity contribution >= 4 is 16.6 Å². The zero-order valence-corrected chi connectivity index (χ0v) is 12.5. The van der Waals surface area contributed by atoms with Gasteiger partial charge in [-0.05, 0) is 42.3 Å². The Morgan fingerprint density at radius 2 is 2.24 bits per heavy atom. The molecule has 1 aliphatic heterocycles. The molecular formula is C17H23N3O. The van der Waals surface area contributed by atoms with Crippen LogP contribution in [0.15, 0.2) is 30.5 Å².